The Kier molecular flexibility index (Phi) is 5.37. The maximum atomic E-state index is 13.3. The van der Waals surface area contributed by atoms with Gasteiger partial charge < -0.3 is 24.8 Å². The van der Waals surface area contributed by atoms with Crippen molar-refractivity contribution in [3.05, 3.63) is 36.4 Å². The number of piperidine rings is 1. The van der Waals surface area contributed by atoms with E-state index < -0.39 is 22.0 Å². The topological polar surface area (TPSA) is 123 Å². The molecule has 3 aliphatic heterocycles. The first-order valence-electron chi connectivity index (χ1n) is 10.6. The molecule has 33 heavy (non-hydrogen) atoms. The van der Waals surface area contributed by atoms with Gasteiger partial charge in [0.15, 0.2) is 17.6 Å². The zero-order valence-corrected chi connectivity index (χ0v) is 18.7. The van der Waals surface area contributed by atoms with Gasteiger partial charge in [0.25, 0.3) is 5.91 Å². The quantitative estimate of drug-likeness (QED) is 0.698. The van der Waals surface area contributed by atoms with Gasteiger partial charge in [-0.3, -0.25) is 9.59 Å². The fourth-order valence-electron chi connectivity index (χ4n) is 4.09. The van der Waals surface area contributed by atoms with Gasteiger partial charge in [-0.2, -0.15) is 4.31 Å². The lowest BCUT2D eigenvalue weighted by Crippen LogP contribution is -2.43. The molecule has 10 nitrogen and oxygen atoms in total. The second-order valence-corrected chi connectivity index (χ2v) is 10.1. The van der Waals surface area contributed by atoms with Crippen molar-refractivity contribution in [2.24, 2.45) is 5.92 Å². The molecule has 0 bridgehead atoms. The molecule has 0 radical (unpaired) electrons. The molecule has 2 amide bonds. The van der Waals surface area contributed by atoms with Crippen LogP contribution in [0.5, 0.6) is 17.2 Å². The zero-order chi connectivity index (χ0) is 23.2. The molecule has 3 aliphatic rings. The molecule has 0 aliphatic carbocycles. The smallest absolute Gasteiger partial charge is 0.265 e. The Morgan fingerprint density at radius 2 is 1.91 bits per heavy atom. The molecule has 0 spiro atoms. The van der Waals surface area contributed by atoms with Gasteiger partial charge in [0.1, 0.15) is 5.75 Å². The van der Waals surface area contributed by atoms with Crippen LogP contribution in [0.1, 0.15) is 19.8 Å². The van der Waals surface area contributed by atoms with Gasteiger partial charge in [-0.15, -0.1) is 0 Å². The van der Waals surface area contributed by atoms with Crippen molar-refractivity contribution in [3.8, 4) is 17.2 Å². The monoisotopic (exact) mass is 473 g/mol. The molecule has 1 saturated heterocycles. The first kappa shape index (κ1) is 21.5. The van der Waals surface area contributed by atoms with E-state index in [4.69, 9.17) is 14.2 Å². The van der Waals surface area contributed by atoms with E-state index in [2.05, 4.69) is 10.6 Å². The van der Waals surface area contributed by atoms with Crippen LogP contribution in [-0.4, -0.2) is 50.5 Å². The number of nitrogens with zero attached hydrogens (tertiary/aromatic N) is 1. The van der Waals surface area contributed by atoms with Crippen LogP contribution >= 0.6 is 0 Å². The summed E-state index contributed by atoms with van der Waals surface area (Å²) in [4.78, 5) is 24.8. The Balaban J connectivity index is 1.30. The van der Waals surface area contributed by atoms with Gasteiger partial charge >= 0.3 is 0 Å². The minimum atomic E-state index is -3.86. The second kappa shape index (κ2) is 8.23. The maximum Gasteiger partial charge on any atom is 0.265 e. The number of carbonyl (C=O) groups excluding carboxylic acids is 2. The SMILES string of the molecule is C[C@H]1Oc2ccc(S(=O)(=O)N3CCC[C@H](C(=O)Nc4ccc5c(c4)OCO5)C3)cc2NC1=O. The highest BCUT2D eigenvalue weighted by Gasteiger charge is 2.34. The lowest BCUT2D eigenvalue weighted by Gasteiger charge is -2.31. The van der Waals surface area contributed by atoms with Crippen molar-refractivity contribution in [1.82, 2.24) is 4.31 Å². The number of ether oxygens (including phenoxy) is 3. The number of carbonyl (C=O) groups is 2. The predicted octanol–water partition coefficient (Wildman–Crippen LogP) is 2.17. The van der Waals surface area contributed by atoms with Gasteiger partial charge in [0.05, 0.1) is 16.5 Å². The molecular weight excluding hydrogens is 450 g/mol. The summed E-state index contributed by atoms with van der Waals surface area (Å²) in [6.45, 7) is 2.13. The Morgan fingerprint density at radius 3 is 2.76 bits per heavy atom. The average molecular weight is 474 g/mol. The Hall–Kier alpha value is -3.31. The van der Waals surface area contributed by atoms with Crippen molar-refractivity contribution < 1.29 is 32.2 Å². The van der Waals surface area contributed by atoms with Crippen molar-refractivity contribution in [2.45, 2.75) is 30.8 Å². The molecule has 0 unspecified atom stereocenters. The van der Waals surface area contributed by atoms with Crippen LogP contribution in [0.4, 0.5) is 11.4 Å². The molecule has 2 atom stereocenters. The molecule has 0 aromatic heterocycles. The summed E-state index contributed by atoms with van der Waals surface area (Å²) in [6.07, 6.45) is 0.487. The lowest BCUT2D eigenvalue weighted by molar-refractivity contribution is -0.123. The molecule has 11 heteroatoms. The van der Waals surface area contributed by atoms with Crippen LogP contribution in [0.25, 0.3) is 0 Å². The van der Waals surface area contributed by atoms with E-state index in [-0.39, 0.29) is 30.0 Å². The second-order valence-electron chi connectivity index (χ2n) is 8.17. The highest BCUT2D eigenvalue weighted by molar-refractivity contribution is 7.89. The van der Waals surface area contributed by atoms with Crippen LogP contribution in [0, 0.1) is 5.92 Å². The van der Waals surface area contributed by atoms with Gasteiger partial charge in [-0.1, -0.05) is 0 Å². The maximum absolute atomic E-state index is 13.3. The van der Waals surface area contributed by atoms with Crippen LogP contribution in [-0.2, 0) is 19.6 Å². The van der Waals surface area contributed by atoms with Crippen molar-refractivity contribution in [2.75, 3.05) is 30.5 Å². The summed E-state index contributed by atoms with van der Waals surface area (Å²) in [5, 5.41) is 5.51. The fraction of sp³-hybridized carbons (Fsp3) is 0.364. The largest absolute Gasteiger partial charge is 0.479 e. The highest BCUT2D eigenvalue weighted by Crippen LogP contribution is 2.35. The molecule has 2 aromatic carbocycles. The standard InChI is InChI=1S/C22H23N3O7S/c1-13-21(26)24-17-10-16(5-7-18(17)32-13)33(28,29)25-8-2-3-14(11-25)22(27)23-15-4-6-19-20(9-15)31-12-30-19/h4-7,9-10,13-14H,2-3,8,11-12H2,1H3,(H,23,27)(H,24,26)/t13-,14+/m1/s1. The first-order chi connectivity index (χ1) is 15.8. The van der Waals surface area contributed by atoms with Crippen LogP contribution in [0.15, 0.2) is 41.3 Å². The summed E-state index contributed by atoms with van der Waals surface area (Å²) in [6, 6.07) is 9.50. The number of rotatable bonds is 4. The van der Waals surface area contributed by atoms with Gasteiger partial charge in [-0.25, -0.2) is 8.42 Å². The highest BCUT2D eigenvalue weighted by atomic mass is 32.2. The number of anilines is 2. The minimum absolute atomic E-state index is 0.0385. The number of sulfonamides is 1. The van der Waals surface area contributed by atoms with E-state index in [1.54, 1.807) is 25.1 Å². The average Bonchev–Trinajstić information content (AvgIpc) is 3.27. The Labute approximate surface area is 190 Å². The third-order valence-electron chi connectivity index (χ3n) is 5.91. The Bertz CT molecular complexity index is 1230. The molecule has 2 aromatic rings. The molecule has 3 heterocycles. The van der Waals surface area contributed by atoms with E-state index in [9.17, 15) is 18.0 Å². The number of amides is 2. The summed E-state index contributed by atoms with van der Waals surface area (Å²) in [7, 11) is -3.86. The zero-order valence-electron chi connectivity index (χ0n) is 17.9. The van der Waals surface area contributed by atoms with E-state index in [0.29, 0.717) is 48.0 Å². The van der Waals surface area contributed by atoms with E-state index in [1.807, 2.05) is 0 Å². The van der Waals surface area contributed by atoms with Crippen LogP contribution in [0.2, 0.25) is 0 Å². The van der Waals surface area contributed by atoms with Crippen LogP contribution < -0.4 is 24.8 Å². The summed E-state index contributed by atoms with van der Waals surface area (Å²) >= 11 is 0. The minimum Gasteiger partial charge on any atom is -0.479 e. The third kappa shape index (κ3) is 4.09. The van der Waals surface area contributed by atoms with Crippen molar-refractivity contribution >= 4 is 33.2 Å². The lowest BCUT2D eigenvalue weighted by atomic mass is 9.98. The van der Waals surface area contributed by atoms with Crippen LogP contribution in [0.3, 0.4) is 0 Å². The summed E-state index contributed by atoms with van der Waals surface area (Å²) in [5.41, 5.74) is 0.872. The number of fused-ring (bicyclic) bond motifs is 2. The van der Waals surface area contributed by atoms with E-state index in [1.165, 1.54) is 22.5 Å². The third-order valence-corrected chi connectivity index (χ3v) is 7.78. The van der Waals surface area contributed by atoms with Gasteiger partial charge in [0.2, 0.25) is 22.7 Å². The number of hydrogen-bond acceptors (Lipinski definition) is 7. The van der Waals surface area contributed by atoms with E-state index >= 15 is 0 Å². The van der Waals surface area contributed by atoms with Gasteiger partial charge in [0, 0.05) is 24.8 Å². The number of benzene rings is 2. The molecular formula is C22H23N3O7S. The first-order valence-corrected chi connectivity index (χ1v) is 12.1. The molecule has 5 rings (SSSR count). The molecule has 0 saturated carbocycles. The molecule has 1 fully saturated rings. The molecule has 2 N–H and O–H groups in total. The summed E-state index contributed by atoms with van der Waals surface area (Å²) in [5.74, 6) is 0.493. The number of hydrogen-bond donors (Lipinski definition) is 2. The predicted molar refractivity (Wildman–Crippen MR) is 118 cm³/mol. The van der Waals surface area contributed by atoms with Crippen molar-refractivity contribution in [1.29, 1.82) is 0 Å². The van der Waals surface area contributed by atoms with E-state index in [0.717, 1.165) is 0 Å². The molecule has 174 valence electrons. The van der Waals surface area contributed by atoms with Gasteiger partial charge in [-0.05, 0) is 50.1 Å². The number of nitrogens with one attached hydrogen (secondary N) is 2. The Morgan fingerprint density at radius 1 is 1.12 bits per heavy atom. The van der Waals surface area contributed by atoms with Crippen molar-refractivity contribution in [3.63, 3.8) is 0 Å². The summed E-state index contributed by atoms with van der Waals surface area (Å²) < 4.78 is 44.0. The normalized spacial score (nSPS) is 22.2. The fourth-order valence-corrected chi connectivity index (χ4v) is 5.64.